The van der Waals surface area contributed by atoms with E-state index >= 15 is 0 Å². The highest BCUT2D eigenvalue weighted by atomic mass is 16.5. The van der Waals surface area contributed by atoms with E-state index in [9.17, 15) is 14.7 Å². The summed E-state index contributed by atoms with van der Waals surface area (Å²) in [5.41, 5.74) is 1.34. The monoisotopic (exact) mass is 429 g/mol. The van der Waals surface area contributed by atoms with Crippen LogP contribution in [0, 0.1) is 5.92 Å². The van der Waals surface area contributed by atoms with Crippen LogP contribution in [0.1, 0.15) is 70.3 Å². The Labute approximate surface area is 187 Å². The summed E-state index contributed by atoms with van der Waals surface area (Å²) in [6.45, 7) is 2.83. The van der Waals surface area contributed by atoms with E-state index in [0.717, 1.165) is 57.9 Å². The van der Waals surface area contributed by atoms with Gasteiger partial charge in [-0.05, 0) is 50.0 Å². The molecule has 1 fully saturated rings. The van der Waals surface area contributed by atoms with E-state index in [1.807, 2.05) is 23.1 Å². The van der Waals surface area contributed by atoms with Crippen LogP contribution in [0.25, 0.3) is 0 Å². The maximum Gasteiger partial charge on any atom is 0.305 e. The molecule has 0 unspecified atom stereocenters. The number of rotatable bonds is 14. The van der Waals surface area contributed by atoms with E-state index in [-0.39, 0.29) is 23.8 Å². The molecule has 0 saturated carbocycles. The number of amides is 1. The molecule has 0 radical (unpaired) electrons. The summed E-state index contributed by atoms with van der Waals surface area (Å²) < 4.78 is 4.65. The minimum Gasteiger partial charge on any atom is -0.469 e. The Morgan fingerprint density at radius 3 is 2.68 bits per heavy atom. The number of hydrogen-bond acceptors (Lipinski definition) is 4. The Kier molecular flexibility index (Phi) is 11.4. The molecule has 0 bridgehead atoms. The number of unbranched alkanes of at least 4 members (excludes halogenated alkanes) is 3. The number of esters is 1. The first-order valence-electron chi connectivity index (χ1n) is 11.8. The zero-order chi connectivity index (χ0) is 22.5. The van der Waals surface area contributed by atoms with Crippen molar-refractivity contribution in [1.29, 1.82) is 0 Å². The average Bonchev–Trinajstić information content (AvgIpc) is 3.14. The number of carbonyl (C=O) groups is 2. The Morgan fingerprint density at radius 1 is 1.19 bits per heavy atom. The van der Waals surface area contributed by atoms with Crippen molar-refractivity contribution in [1.82, 2.24) is 4.90 Å². The lowest BCUT2D eigenvalue weighted by molar-refractivity contribution is -0.140. The Bertz CT molecular complexity index is 688. The van der Waals surface area contributed by atoms with Gasteiger partial charge in [0, 0.05) is 19.4 Å². The molecule has 1 saturated heterocycles. The Hall–Kier alpha value is -2.14. The van der Waals surface area contributed by atoms with E-state index in [2.05, 4.69) is 35.9 Å². The number of benzene rings is 1. The van der Waals surface area contributed by atoms with Gasteiger partial charge in [-0.15, -0.1) is 0 Å². The molecule has 1 amide bonds. The van der Waals surface area contributed by atoms with Crippen molar-refractivity contribution >= 4 is 11.9 Å². The molecule has 31 heavy (non-hydrogen) atoms. The number of hydrogen-bond donors (Lipinski definition) is 1. The van der Waals surface area contributed by atoms with Gasteiger partial charge in [0.2, 0.25) is 5.91 Å². The maximum absolute atomic E-state index is 12.3. The molecule has 1 aromatic rings. The van der Waals surface area contributed by atoms with Crippen molar-refractivity contribution in [3.63, 3.8) is 0 Å². The van der Waals surface area contributed by atoms with E-state index < -0.39 is 6.10 Å². The zero-order valence-corrected chi connectivity index (χ0v) is 19.2. The van der Waals surface area contributed by atoms with Gasteiger partial charge in [-0.2, -0.15) is 0 Å². The second kappa shape index (κ2) is 14.0. The number of methoxy groups -OCH3 is 1. The van der Waals surface area contributed by atoms with Crippen LogP contribution in [0.5, 0.6) is 0 Å². The highest BCUT2D eigenvalue weighted by Crippen LogP contribution is 2.22. The van der Waals surface area contributed by atoms with Crippen LogP contribution in [-0.2, 0) is 20.7 Å². The van der Waals surface area contributed by atoms with Crippen molar-refractivity contribution in [3.8, 4) is 0 Å². The van der Waals surface area contributed by atoms with Crippen LogP contribution in [0.4, 0.5) is 0 Å². The molecule has 1 aliphatic heterocycles. The van der Waals surface area contributed by atoms with Gasteiger partial charge < -0.3 is 14.7 Å². The smallest absolute Gasteiger partial charge is 0.305 e. The van der Waals surface area contributed by atoms with Crippen molar-refractivity contribution < 1.29 is 19.4 Å². The van der Waals surface area contributed by atoms with Crippen LogP contribution < -0.4 is 0 Å². The highest BCUT2D eigenvalue weighted by Gasteiger charge is 2.28. The van der Waals surface area contributed by atoms with Gasteiger partial charge in [-0.25, -0.2) is 0 Å². The molecule has 5 nitrogen and oxygen atoms in total. The minimum atomic E-state index is -0.480. The number of carbonyl (C=O) groups excluding carboxylic acids is 2. The van der Waals surface area contributed by atoms with Crippen molar-refractivity contribution in [3.05, 3.63) is 48.0 Å². The quantitative estimate of drug-likeness (QED) is 0.265. The molecule has 5 heteroatoms. The molecule has 1 heterocycles. The SMILES string of the molecule is COC(=O)CCCCCCN1C(=O)CC[C@@H]1/C=C/[C@@H](O)[C@@H](C)CCCc1ccccc1. The first-order valence-corrected chi connectivity index (χ1v) is 11.8. The normalized spacial score (nSPS) is 18.5. The van der Waals surface area contributed by atoms with Gasteiger partial charge in [-0.1, -0.05) is 62.2 Å². The molecule has 172 valence electrons. The second-order valence-corrected chi connectivity index (χ2v) is 8.66. The largest absolute Gasteiger partial charge is 0.469 e. The predicted molar refractivity (Wildman–Crippen MR) is 124 cm³/mol. The summed E-state index contributed by atoms with van der Waals surface area (Å²) in [5.74, 6) is 0.239. The zero-order valence-electron chi connectivity index (χ0n) is 19.2. The summed E-state index contributed by atoms with van der Waals surface area (Å²) in [6.07, 6.45) is 12.1. The molecule has 0 aromatic heterocycles. The lowest BCUT2D eigenvalue weighted by Crippen LogP contribution is -2.33. The molecular formula is C26H39NO4. The lowest BCUT2D eigenvalue weighted by Gasteiger charge is -2.23. The fraction of sp³-hybridized carbons (Fsp3) is 0.615. The van der Waals surface area contributed by atoms with E-state index in [1.54, 1.807) is 0 Å². The third-order valence-electron chi connectivity index (χ3n) is 6.21. The van der Waals surface area contributed by atoms with E-state index in [4.69, 9.17) is 0 Å². The molecule has 1 aromatic carbocycles. The van der Waals surface area contributed by atoms with Crippen molar-refractivity contribution in [2.45, 2.75) is 83.3 Å². The van der Waals surface area contributed by atoms with Gasteiger partial charge in [-0.3, -0.25) is 9.59 Å². The fourth-order valence-corrected chi connectivity index (χ4v) is 4.13. The van der Waals surface area contributed by atoms with Crippen molar-refractivity contribution in [2.24, 2.45) is 5.92 Å². The van der Waals surface area contributed by atoms with Gasteiger partial charge >= 0.3 is 5.97 Å². The van der Waals surface area contributed by atoms with Crippen LogP contribution in [0.2, 0.25) is 0 Å². The molecule has 1 N–H and O–H groups in total. The first kappa shape index (κ1) is 25.1. The van der Waals surface area contributed by atoms with Gasteiger partial charge in [0.15, 0.2) is 0 Å². The summed E-state index contributed by atoms with van der Waals surface area (Å²) in [4.78, 5) is 25.3. The Balaban J connectivity index is 1.68. The lowest BCUT2D eigenvalue weighted by atomic mass is 9.95. The molecule has 3 atom stereocenters. The molecular weight excluding hydrogens is 390 g/mol. The molecule has 2 rings (SSSR count). The third-order valence-corrected chi connectivity index (χ3v) is 6.21. The van der Waals surface area contributed by atoms with Crippen LogP contribution >= 0.6 is 0 Å². The standard InChI is InChI=1S/C26H39NO4/c1-21(11-10-14-22-12-6-5-7-13-22)24(28)18-16-23-17-19-25(29)27(23)20-9-4-3-8-15-26(30)31-2/h5-7,12-13,16,18,21,23-24,28H,3-4,8-11,14-15,17,19-20H2,1-2H3/b18-16+/t21-,23-,24+/m0/s1. The molecule has 1 aliphatic rings. The number of aliphatic hydroxyl groups is 1. The fourth-order valence-electron chi connectivity index (χ4n) is 4.13. The number of aryl methyl sites for hydroxylation is 1. The first-order chi connectivity index (χ1) is 15.0. The number of ether oxygens (including phenoxy) is 1. The second-order valence-electron chi connectivity index (χ2n) is 8.66. The number of likely N-dealkylation sites (tertiary alicyclic amines) is 1. The van der Waals surface area contributed by atoms with Gasteiger partial charge in [0.25, 0.3) is 0 Å². The third kappa shape index (κ3) is 9.26. The van der Waals surface area contributed by atoms with Crippen LogP contribution in [-0.4, -0.2) is 47.7 Å². The summed E-state index contributed by atoms with van der Waals surface area (Å²) >= 11 is 0. The highest BCUT2D eigenvalue weighted by molar-refractivity contribution is 5.79. The van der Waals surface area contributed by atoms with E-state index in [1.165, 1.54) is 12.7 Å². The van der Waals surface area contributed by atoms with Gasteiger partial charge in [0.1, 0.15) is 0 Å². The summed E-state index contributed by atoms with van der Waals surface area (Å²) in [6, 6.07) is 10.5. The van der Waals surface area contributed by atoms with E-state index in [0.29, 0.717) is 12.8 Å². The maximum atomic E-state index is 12.3. The van der Waals surface area contributed by atoms with Crippen LogP contribution in [0.3, 0.4) is 0 Å². The molecule has 0 aliphatic carbocycles. The van der Waals surface area contributed by atoms with Crippen LogP contribution in [0.15, 0.2) is 42.5 Å². The summed E-state index contributed by atoms with van der Waals surface area (Å²) in [7, 11) is 1.41. The van der Waals surface area contributed by atoms with Gasteiger partial charge in [0.05, 0.1) is 19.3 Å². The summed E-state index contributed by atoms with van der Waals surface area (Å²) in [5, 5.41) is 10.5. The minimum absolute atomic E-state index is 0.0914. The number of nitrogens with zero attached hydrogens (tertiary/aromatic N) is 1. The van der Waals surface area contributed by atoms with Crippen molar-refractivity contribution in [2.75, 3.05) is 13.7 Å². The molecule has 0 spiro atoms. The average molecular weight is 430 g/mol. The Morgan fingerprint density at radius 2 is 1.94 bits per heavy atom. The predicted octanol–water partition coefficient (Wildman–Crippen LogP) is 4.68. The topological polar surface area (TPSA) is 66.8 Å². The number of aliphatic hydroxyl groups excluding tert-OH is 1.